The highest BCUT2D eigenvalue weighted by molar-refractivity contribution is 7.78. The van der Waals surface area contributed by atoms with Gasteiger partial charge in [-0.2, -0.15) is 0 Å². The van der Waals surface area contributed by atoms with Gasteiger partial charge in [0.05, 0.1) is 47.0 Å². The maximum Gasteiger partial charge on any atom is 0.131 e. The fraction of sp³-hybridized carbons (Fsp3) is 0.167. The van der Waals surface area contributed by atoms with Gasteiger partial charge in [0.1, 0.15) is 23.0 Å². The molecule has 0 spiro atoms. The van der Waals surface area contributed by atoms with Crippen LogP contribution in [0, 0.1) is 11.6 Å². The molecule has 0 saturated carbocycles. The summed E-state index contributed by atoms with van der Waals surface area (Å²) >= 11 is 0. The Kier molecular flexibility index (Phi) is 7.00. The topological polar surface area (TPSA) is 36.9 Å². The van der Waals surface area contributed by atoms with Crippen molar-refractivity contribution in [1.82, 2.24) is 0 Å². The van der Waals surface area contributed by atoms with Crippen LogP contribution in [-0.2, 0) is 0 Å². The lowest BCUT2D eigenvalue weighted by atomic mass is 10.2. The van der Waals surface area contributed by atoms with Crippen LogP contribution in [0.3, 0.4) is 0 Å². The van der Waals surface area contributed by atoms with Crippen molar-refractivity contribution in [3.05, 3.63) is 72.3 Å². The van der Waals surface area contributed by atoms with Crippen LogP contribution in [0.5, 0.6) is 23.0 Å². The molecule has 0 N–H and O–H groups in total. The van der Waals surface area contributed by atoms with Crippen LogP contribution in [0.4, 0.5) is 0 Å². The van der Waals surface area contributed by atoms with Crippen LogP contribution in [0.1, 0.15) is 5.56 Å². The molecule has 148 valence electrons. The summed E-state index contributed by atoms with van der Waals surface area (Å²) in [6, 6.07) is 21.4. The average molecular weight is 406 g/mol. The second-order valence-electron chi connectivity index (χ2n) is 5.96. The molecule has 0 radical (unpaired) electrons. The van der Waals surface area contributed by atoms with E-state index in [1.54, 1.807) is 28.4 Å². The van der Waals surface area contributed by atoms with Crippen molar-refractivity contribution in [2.45, 2.75) is 0 Å². The maximum absolute atomic E-state index is 5.68. The van der Waals surface area contributed by atoms with Crippen molar-refractivity contribution in [2.75, 3.05) is 28.4 Å². The first-order valence-electron chi connectivity index (χ1n) is 9.02. The lowest BCUT2D eigenvalue weighted by Crippen LogP contribution is -2.18. The zero-order valence-corrected chi connectivity index (χ0v) is 17.8. The van der Waals surface area contributed by atoms with Gasteiger partial charge in [-0.25, -0.2) is 0 Å². The lowest BCUT2D eigenvalue weighted by molar-refractivity contribution is 0.399. The summed E-state index contributed by atoms with van der Waals surface area (Å²) in [5.41, 5.74) is 4.40. The van der Waals surface area contributed by atoms with E-state index in [1.165, 1.54) is 0 Å². The molecule has 0 aliphatic carbocycles. The fourth-order valence-electron chi connectivity index (χ4n) is 2.97. The Morgan fingerprint density at radius 1 is 0.552 bits per heavy atom. The summed E-state index contributed by atoms with van der Waals surface area (Å²) in [7, 11) is 5.35. The first kappa shape index (κ1) is 20.6. The van der Waals surface area contributed by atoms with E-state index in [9.17, 15) is 0 Å². The van der Waals surface area contributed by atoms with E-state index in [0.29, 0.717) is 23.0 Å². The first-order chi connectivity index (χ1) is 14.2. The Morgan fingerprint density at radius 2 is 0.966 bits per heavy atom. The third kappa shape index (κ3) is 4.47. The molecule has 0 aromatic heterocycles. The summed E-state index contributed by atoms with van der Waals surface area (Å²) in [5.74, 6) is 6.16. The van der Waals surface area contributed by atoms with Crippen molar-refractivity contribution >= 4 is 18.5 Å². The highest BCUT2D eigenvalue weighted by Gasteiger charge is 2.27. The molecule has 4 nitrogen and oxygen atoms in total. The molecule has 0 saturated heterocycles. The summed E-state index contributed by atoms with van der Waals surface area (Å²) < 4.78 is 22.7. The SMILES string of the molecule is COc1cccc(OC)c1P(C#Cc1ccccc1)c1c(OC)cccc1OC. The third-order valence-electron chi connectivity index (χ3n) is 4.34. The fourth-order valence-corrected chi connectivity index (χ4v) is 5.20. The molecule has 0 heterocycles. The van der Waals surface area contributed by atoms with Crippen molar-refractivity contribution in [2.24, 2.45) is 0 Å². The summed E-state index contributed by atoms with van der Waals surface area (Å²) in [4.78, 5) is 0. The Balaban J connectivity index is 2.30. The summed E-state index contributed by atoms with van der Waals surface area (Å²) in [6.45, 7) is 0. The second kappa shape index (κ2) is 9.87. The molecule has 0 atom stereocenters. The minimum absolute atomic E-state index is 0.714. The molecule has 3 rings (SSSR count). The van der Waals surface area contributed by atoms with Gasteiger partial charge in [-0.1, -0.05) is 41.9 Å². The zero-order valence-electron chi connectivity index (χ0n) is 16.9. The minimum atomic E-state index is -1.24. The number of benzene rings is 3. The predicted molar refractivity (Wildman–Crippen MR) is 119 cm³/mol. The monoisotopic (exact) mass is 406 g/mol. The molecule has 3 aromatic carbocycles. The van der Waals surface area contributed by atoms with Gasteiger partial charge in [0.25, 0.3) is 0 Å². The first-order valence-corrected chi connectivity index (χ1v) is 10.4. The van der Waals surface area contributed by atoms with Crippen LogP contribution in [0.25, 0.3) is 0 Å². The Hall–Kier alpha value is -3.15. The number of ether oxygens (including phenoxy) is 4. The van der Waals surface area contributed by atoms with E-state index in [2.05, 4.69) is 11.6 Å². The minimum Gasteiger partial charge on any atom is -0.496 e. The maximum atomic E-state index is 5.68. The van der Waals surface area contributed by atoms with Gasteiger partial charge in [0.15, 0.2) is 0 Å². The van der Waals surface area contributed by atoms with E-state index in [1.807, 2.05) is 66.7 Å². The van der Waals surface area contributed by atoms with Gasteiger partial charge >= 0.3 is 0 Å². The van der Waals surface area contributed by atoms with Crippen LogP contribution in [0.15, 0.2) is 66.7 Å². The molecule has 0 bridgehead atoms. The van der Waals surface area contributed by atoms with Gasteiger partial charge in [-0.05, 0) is 36.4 Å². The molecule has 0 aliphatic rings. The Bertz CT molecular complexity index is 922. The van der Waals surface area contributed by atoms with Crippen LogP contribution in [0.2, 0.25) is 0 Å². The van der Waals surface area contributed by atoms with E-state index in [-0.39, 0.29) is 0 Å². The Labute approximate surface area is 173 Å². The van der Waals surface area contributed by atoms with Crippen molar-refractivity contribution in [3.63, 3.8) is 0 Å². The molecule has 29 heavy (non-hydrogen) atoms. The normalized spacial score (nSPS) is 10.1. The second-order valence-corrected chi connectivity index (χ2v) is 7.75. The zero-order chi connectivity index (χ0) is 20.6. The average Bonchev–Trinajstić information content (AvgIpc) is 2.79. The number of rotatable bonds is 6. The van der Waals surface area contributed by atoms with E-state index in [0.717, 1.165) is 16.2 Å². The summed E-state index contributed by atoms with van der Waals surface area (Å²) in [5, 5.41) is 1.78. The van der Waals surface area contributed by atoms with Gasteiger partial charge in [0.2, 0.25) is 0 Å². The molecule has 0 unspecified atom stereocenters. The number of methoxy groups -OCH3 is 4. The van der Waals surface area contributed by atoms with Gasteiger partial charge in [-0.3, -0.25) is 0 Å². The van der Waals surface area contributed by atoms with Crippen LogP contribution >= 0.6 is 7.92 Å². The van der Waals surface area contributed by atoms with E-state index < -0.39 is 7.92 Å². The summed E-state index contributed by atoms with van der Waals surface area (Å²) in [6.07, 6.45) is 0. The van der Waals surface area contributed by atoms with Crippen LogP contribution < -0.4 is 29.6 Å². The smallest absolute Gasteiger partial charge is 0.131 e. The molecule has 0 amide bonds. The predicted octanol–water partition coefficient (Wildman–Crippen LogP) is 4.16. The molecule has 5 heteroatoms. The Morgan fingerprint density at radius 3 is 1.34 bits per heavy atom. The highest BCUT2D eigenvalue weighted by Crippen LogP contribution is 2.45. The number of hydrogen-bond acceptors (Lipinski definition) is 4. The molecule has 0 fully saturated rings. The standard InChI is InChI=1S/C24H23O4P/c1-25-19-12-8-13-20(26-2)23(19)29(17-16-18-10-6-5-7-11-18)24-21(27-3)14-9-15-22(24)28-4/h5-15H,1-4H3. The van der Waals surface area contributed by atoms with Gasteiger partial charge < -0.3 is 18.9 Å². The molecule has 0 aliphatic heterocycles. The third-order valence-corrected chi connectivity index (χ3v) is 6.45. The quantitative estimate of drug-likeness (QED) is 0.455. The highest BCUT2D eigenvalue weighted by atomic mass is 31.1. The van der Waals surface area contributed by atoms with Gasteiger partial charge in [0, 0.05) is 5.56 Å². The van der Waals surface area contributed by atoms with Crippen LogP contribution in [-0.4, -0.2) is 28.4 Å². The molecular formula is C24H23O4P. The van der Waals surface area contributed by atoms with Gasteiger partial charge in [-0.15, -0.1) is 0 Å². The van der Waals surface area contributed by atoms with Crippen molar-refractivity contribution < 1.29 is 18.9 Å². The lowest BCUT2D eigenvalue weighted by Gasteiger charge is -2.22. The number of hydrogen-bond donors (Lipinski definition) is 0. The van der Waals surface area contributed by atoms with E-state index in [4.69, 9.17) is 18.9 Å². The van der Waals surface area contributed by atoms with Crippen molar-refractivity contribution in [3.8, 4) is 34.6 Å². The molecule has 3 aromatic rings. The molecular weight excluding hydrogens is 383 g/mol. The van der Waals surface area contributed by atoms with Crippen molar-refractivity contribution in [1.29, 1.82) is 0 Å². The largest absolute Gasteiger partial charge is 0.496 e. The van der Waals surface area contributed by atoms with E-state index >= 15 is 0 Å².